The number of aromatic hydroxyl groups is 2. The first kappa shape index (κ1) is 20.3. The quantitative estimate of drug-likeness (QED) is 0.418. The number of allylic oxidation sites excluding steroid dienone is 4. The minimum atomic E-state index is -0.808. The molecule has 0 fully saturated rings. The molecule has 0 saturated heterocycles. The van der Waals surface area contributed by atoms with Gasteiger partial charge in [0, 0.05) is 5.56 Å². The first-order chi connectivity index (χ1) is 11.3. The van der Waals surface area contributed by atoms with Crippen LogP contribution in [0.3, 0.4) is 0 Å². The zero-order valence-corrected chi connectivity index (χ0v) is 15.4. The second-order valence-corrected chi connectivity index (χ2v) is 7.01. The molecule has 1 aromatic rings. The number of hydrogen-bond acceptors (Lipinski definition) is 3. The fraction of sp³-hybridized carbons (Fsp3) is 0.524. The van der Waals surface area contributed by atoms with E-state index in [0.29, 0.717) is 18.4 Å². The van der Waals surface area contributed by atoms with Crippen molar-refractivity contribution in [2.24, 2.45) is 0 Å². The van der Waals surface area contributed by atoms with Gasteiger partial charge in [0.25, 0.3) is 0 Å². The van der Waals surface area contributed by atoms with E-state index >= 15 is 0 Å². The lowest BCUT2D eigenvalue weighted by Gasteiger charge is -2.27. The minimum Gasteiger partial charge on any atom is -0.504 e. The van der Waals surface area contributed by atoms with Crippen LogP contribution in [-0.2, 0) is 0 Å². The second kappa shape index (κ2) is 9.53. The summed E-state index contributed by atoms with van der Waals surface area (Å²) in [5.74, 6) is -0.230. The van der Waals surface area contributed by atoms with Crippen LogP contribution in [0.5, 0.6) is 11.5 Å². The summed E-state index contributed by atoms with van der Waals surface area (Å²) in [5.41, 5.74) is 1.22. The number of phenolic OH excluding ortho intramolecular Hbond substituents is 2. The standard InChI is InChI=1S/C21H32O3/c1-5-6-7-10-16(2)11-9-14-21(4,24)15-17(3)18-12-8-13-19(22)20(18)23/h5-6,8,11-13,17,22-24H,7,9-10,14-15H2,1-4H3. The molecular weight excluding hydrogens is 300 g/mol. The van der Waals surface area contributed by atoms with Gasteiger partial charge in [-0.25, -0.2) is 0 Å². The summed E-state index contributed by atoms with van der Waals surface area (Å²) in [4.78, 5) is 0. The van der Waals surface area contributed by atoms with Gasteiger partial charge in [-0.2, -0.15) is 0 Å². The first-order valence-electron chi connectivity index (χ1n) is 8.77. The number of benzene rings is 1. The van der Waals surface area contributed by atoms with Gasteiger partial charge in [-0.1, -0.05) is 42.9 Å². The highest BCUT2D eigenvalue weighted by atomic mass is 16.3. The van der Waals surface area contributed by atoms with Crippen LogP contribution in [0, 0.1) is 0 Å². The number of rotatable bonds is 9. The predicted molar refractivity (Wildman–Crippen MR) is 100 cm³/mol. The lowest BCUT2D eigenvalue weighted by atomic mass is 9.85. The summed E-state index contributed by atoms with van der Waals surface area (Å²) in [6, 6.07) is 4.97. The SMILES string of the molecule is CC=CCCC(C)=CCCC(C)(O)CC(C)c1cccc(O)c1O. The third kappa shape index (κ3) is 6.79. The number of aliphatic hydroxyl groups is 1. The molecule has 0 aliphatic rings. The van der Waals surface area contributed by atoms with Gasteiger partial charge in [0.05, 0.1) is 5.60 Å². The second-order valence-electron chi connectivity index (χ2n) is 7.01. The largest absolute Gasteiger partial charge is 0.504 e. The molecule has 0 aliphatic carbocycles. The van der Waals surface area contributed by atoms with Gasteiger partial charge in [0.2, 0.25) is 0 Å². The number of hydrogen-bond donors (Lipinski definition) is 3. The Kier molecular flexibility index (Phi) is 8.06. The van der Waals surface area contributed by atoms with E-state index < -0.39 is 5.60 Å². The molecule has 3 heteroatoms. The highest BCUT2D eigenvalue weighted by Gasteiger charge is 2.25. The highest BCUT2D eigenvalue weighted by molar-refractivity contribution is 5.45. The Morgan fingerprint density at radius 1 is 1.25 bits per heavy atom. The van der Waals surface area contributed by atoms with Gasteiger partial charge in [0.15, 0.2) is 11.5 Å². The molecule has 0 radical (unpaired) electrons. The van der Waals surface area contributed by atoms with Crippen molar-refractivity contribution in [1.82, 2.24) is 0 Å². The Hall–Kier alpha value is -1.74. The Morgan fingerprint density at radius 3 is 2.62 bits per heavy atom. The smallest absolute Gasteiger partial charge is 0.160 e. The molecule has 0 heterocycles. The molecule has 3 N–H and O–H groups in total. The van der Waals surface area contributed by atoms with E-state index in [-0.39, 0.29) is 17.4 Å². The Labute approximate surface area is 146 Å². The van der Waals surface area contributed by atoms with E-state index in [1.807, 2.05) is 20.8 Å². The minimum absolute atomic E-state index is 0.0353. The third-order valence-electron chi connectivity index (χ3n) is 4.44. The predicted octanol–water partition coefficient (Wildman–Crippen LogP) is 5.43. The molecule has 3 nitrogen and oxygen atoms in total. The van der Waals surface area contributed by atoms with Gasteiger partial charge < -0.3 is 15.3 Å². The maximum absolute atomic E-state index is 10.6. The summed E-state index contributed by atoms with van der Waals surface area (Å²) in [5, 5.41) is 30.2. The van der Waals surface area contributed by atoms with Crippen molar-refractivity contribution >= 4 is 0 Å². The number of para-hydroxylation sites is 1. The molecule has 1 rings (SSSR count). The molecule has 0 spiro atoms. The van der Waals surface area contributed by atoms with Gasteiger partial charge in [-0.15, -0.1) is 0 Å². The van der Waals surface area contributed by atoms with Crippen molar-refractivity contribution in [2.75, 3.05) is 0 Å². The van der Waals surface area contributed by atoms with E-state index in [2.05, 4.69) is 25.2 Å². The van der Waals surface area contributed by atoms with E-state index in [1.54, 1.807) is 12.1 Å². The number of phenols is 2. The third-order valence-corrected chi connectivity index (χ3v) is 4.44. The fourth-order valence-electron chi connectivity index (χ4n) is 3.03. The Morgan fingerprint density at radius 2 is 1.96 bits per heavy atom. The average Bonchev–Trinajstić information content (AvgIpc) is 2.49. The van der Waals surface area contributed by atoms with Gasteiger partial charge in [-0.3, -0.25) is 0 Å². The molecule has 2 atom stereocenters. The van der Waals surface area contributed by atoms with Crippen LogP contribution in [0.25, 0.3) is 0 Å². The molecule has 2 unspecified atom stereocenters. The van der Waals surface area contributed by atoms with Crippen molar-refractivity contribution in [1.29, 1.82) is 0 Å². The maximum Gasteiger partial charge on any atom is 0.160 e. The summed E-state index contributed by atoms with van der Waals surface area (Å²) in [7, 11) is 0. The highest BCUT2D eigenvalue weighted by Crippen LogP contribution is 2.37. The topological polar surface area (TPSA) is 60.7 Å². The Balaban J connectivity index is 2.56. The van der Waals surface area contributed by atoms with Crippen molar-refractivity contribution < 1.29 is 15.3 Å². The lowest BCUT2D eigenvalue weighted by Crippen LogP contribution is -2.26. The van der Waals surface area contributed by atoms with Crippen LogP contribution in [-0.4, -0.2) is 20.9 Å². The molecule has 1 aromatic carbocycles. The molecular formula is C21H32O3. The lowest BCUT2D eigenvalue weighted by molar-refractivity contribution is 0.0369. The zero-order chi connectivity index (χ0) is 18.2. The monoisotopic (exact) mass is 332 g/mol. The maximum atomic E-state index is 10.6. The van der Waals surface area contributed by atoms with Crippen molar-refractivity contribution in [2.45, 2.75) is 71.3 Å². The molecule has 134 valence electrons. The molecule has 0 amide bonds. The normalized spacial score (nSPS) is 16.3. The van der Waals surface area contributed by atoms with Gasteiger partial charge in [0.1, 0.15) is 0 Å². The van der Waals surface area contributed by atoms with Crippen LogP contribution in [0.15, 0.2) is 42.0 Å². The van der Waals surface area contributed by atoms with Crippen molar-refractivity contribution in [3.63, 3.8) is 0 Å². The molecule has 0 aromatic heterocycles. The van der Waals surface area contributed by atoms with Crippen LogP contribution in [0.1, 0.15) is 71.3 Å². The van der Waals surface area contributed by atoms with E-state index in [9.17, 15) is 15.3 Å². The Bertz CT molecular complexity index is 570. The molecule has 0 bridgehead atoms. The van der Waals surface area contributed by atoms with Gasteiger partial charge in [-0.05, 0) is 64.9 Å². The summed E-state index contributed by atoms with van der Waals surface area (Å²) >= 11 is 0. The fourth-order valence-corrected chi connectivity index (χ4v) is 3.03. The summed E-state index contributed by atoms with van der Waals surface area (Å²) < 4.78 is 0. The van der Waals surface area contributed by atoms with Crippen molar-refractivity contribution in [3.05, 3.63) is 47.6 Å². The summed E-state index contributed by atoms with van der Waals surface area (Å²) in [6.45, 7) is 7.96. The first-order valence-corrected chi connectivity index (χ1v) is 8.77. The molecule has 0 saturated carbocycles. The van der Waals surface area contributed by atoms with E-state index in [0.717, 1.165) is 19.3 Å². The van der Waals surface area contributed by atoms with E-state index in [1.165, 1.54) is 11.6 Å². The van der Waals surface area contributed by atoms with Crippen LogP contribution in [0.2, 0.25) is 0 Å². The molecule has 24 heavy (non-hydrogen) atoms. The zero-order valence-electron chi connectivity index (χ0n) is 15.4. The van der Waals surface area contributed by atoms with Crippen LogP contribution < -0.4 is 0 Å². The van der Waals surface area contributed by atoms with Gasteiger partial charge >= 0.3 is 0 Å². The van der Waals surface area contributed by atoms with Crippen LogP contribution in [0.4, 0.5) is 0 Å². The van der Waals surface area contributed by atoms with E-state index in [4.69, 9.17) is 0 Å². The van der Waals surface area contributed by atoms with Crippen LogP contribution >= 0.6 is 0 Å². The average molecular weight is 332 g/mol. The summed E-state index contributed by atoms with van der Waals surface area (Å²) in [6.07, 6.45) is 10.6. The van der Waals surface area contributed by atoms with Crippen molar-refractivity contribution in [3.8, 4) is 11.5 Å². The molecule has 0 aliphatic heterocycles.